The van der Waals surface area contributed by atoms with Crippen LogP contribution in [0.3, 0.4) is 0 Å². The minimum Gasteiger partial charge on any atom is -0.366 e. The van der Waals surface area contributed by atoms with Crippen LogP contribution in [0.5, 0.6) is 0 Å². The number of nitrogens with zero attached hydrogens (tertiary/aromatic N) is 3. The number of aromatic nitrogens is 3. The molecule has 0 spiro atoms. The van der Waals surface area contributed by atoms with Gasteiger partial charge in [-0.1, -0.05) is 29.8 Å². The third-order valence-electron chi connectivity index (χ3n) is 4.58. The van der Waals surface area contributed by atoms with E-state index in [2.05, 4.69) is 9.97 Å². The molecule has 0 atom stereocenters. The number of rotatable bonds is 5. The van der Waals surface area contributed by atoms with Crippen LogP contribution in [0.4, 0.5) is 0 Å². The fraction of sp³-hybridized carbons (Fsp3) is 0.0909. The Morgan fingerprint density at radius 1 is 1.00 bits per heavy atom. The maximum Gasteiger partial charge on any atom is 0.248 e. The lowest BCUT2D eigenvalue weighted by Gasteiger charge is -2.09. The summed E-state index contributed by atoms with van der Waals surface area (Å²) in [4.78, 5) is 33.2. The van der Waals surface area contributed by atoms with Crippen molar-refractivity contribution in [1.82, 2.24) is 14.5 Å². The fourth-order valence-electron chi connectivity index (χ4n) is 3.06. The second-order valence-corrected chi connectivity index (χ2v) is 6.65. The molecule has 4 rings (SSSR count). The summed E-state index contributed by atoms with van der Waals surface area (Å²) in [5, 5.41) is 0. The number of aryl methyl sites for hydroxylation is 1. The molecule has 6 heteroatoms. The van der Waals surface area contributed by atoms with Gasteiger partial charge in [-0.25, -0.2) is 4.98 Å². The van der Waals surface area contributed by atoms with E-state index in [0.29, 0.717) is 40.1 Å². The highest BCUT2D eigenvalue weighted by Gasteiger charge is 2.14. The van der Waals surface area contributed by atoms with E-state index >= 15 is 0 Å². The Morgan fingerprint density at radius 3 is 2.50 bits per heavy atom. The normalized spacial score (nSPS) is 10.9. The molecular formula is C22H18N4O2. The Labute approximate surface area is 161 Å². The molecule has 0 bridgehead atoms. The molecule has 2 aromatic heterocycles. The Morgan fingerprint density at radius 2 is 1.75 bits per heavy atom. The summed E-state index contributed by atoms with van der Waals surface area (Å²) >= 11 is 0. The molecule has 0 fully saturated rings. The highest BCUT2D eigenvalue weighted by molar-refractivity contribution is 6.08. The minimum absolute atomic E-state index is 0.0465. The van der Waals surface area contributed by atoms with Gasteiger partial charge in [0.2, 0.25) is 11.7 Å². The van der Waals surface area contributed by atoms with E-state index < -0.39 is 5.91 Å². The monoisotopic (exact) mass is 370 g/mol. The van der Waals surface area contributed by atoms with Crippen molar-refractivity contribution in [3.63, 3.8) is 0 Å². The molecule has 138 valence electrons. The van der Waals surface area contributed by atoms with Crippen molar-refractivity contribution >= 4 is 22.7 Å². The van der Waals surface area contributed by atoms with Crippen molar-refractivity contribution < 1.29 is 9.59 Å². The van der Waals surface area contributed by atoms with Gasteiger partial charge < -0.3 is 10.3 Å². The number of fused-ring (bicyclic) bond motifs is 1. The van der Waals surface area contributed by atoms with Gasteiger partial charge in [0.05, 0.1) is 35.2 Å². The van der Waals surface area contributed by atoms with Gasteiger partial charge in [-0.05, 0) is 37.3 Å². The zero-order valence-electron chi connectivity index (χ0n) is 15.3. The molecule has 0 radical (unpaired) electrons. The summed E-state index contributed by atoms with van der Waals surface area (Å²) in [6.07, 6.45) is 3.51. The minimum atomic E-state index is -0.509. The smallest absolute Gasteiger partial charge is 0.248 e. The van der Waals surface area contributed by atoms with Crippen LogP contribution < -0.4 is 5.73 Å². The molecule has 0 aliphatic heterocycles. The van der Waals surface area contributed by atoms with Crippen LogP contribution in [-0.4, -0.2) is 26.2 Å². The molecule has 2 N–H and O–H groups in total. The second-order valence-electron chi connectivity index (χ2n) is 6.65. The van der Waals surface area contributed by atoms with Crippen LogP contribution in [0.25, 0.3) is 11.0 Å². The maximum atomic E-state index is 12.9. The number of hydrogen-bond donors (Lipinski definition) is 1. The first-order valence-corrected chi connectivity index (χ1v) is 8.83. The largest absolute Gasteiger partial charge is 0.366 e. The Kier molecular flexibility index (Phi) is 4.45. The van der Waals surface area contributed by atoms with Gasteiger partial charge in [0.1, 0.15) is 0 Å². The number of nitrogens with two attached hydrogens (primary N) is 1. The highest BCUT2D eigenvalue weighted by Crippen LogP contribution is 2.16. The van der Waals surface area contributed by atoms with Crippen LogP contribution in [0.2, 0.25) is 0 Å². The van der Waals surface area contributed by atoms with E-state index in [1.165, 1.54) is 0 Å². The molecule has 1 amide bonds. The lowest BCUT2D eigenvalue weighted by atomic mass is 10.1. The van der Waals surface area contributed by atoms with E-state index in [4.69, 9.17) is 5.73 Å². The molecular weight excluding hydrogens is 352 g/mol. The fourth-order valence-corrected chi connectivity index (χ4v) is 3.06. The predicted molar refractivity (Wildman–Crippen MR) is 106 cm³/mol. The van der Waals surface area contributed by atoms with Crippen molar-refractivity contribution in [3.05, 3.63) is 95.1 Å². The Balaban J connectivity index is 1.65. The summed E-state index contributed by atoms with van der Waals surface area (Å²) in [7, 11) is 0. The summed E-state index contributed by atoms with van der Waals surface area (Å²) in [6.45, 7) is 2.38. The van der Waals surface area contributed by atoms with Crippen molar-refractivity contribution in [1.29, 1.82) is 0 Å². The van der Waals surface area contributed by atoms with Crippen molar-refractivity contribution in [3.8, 4) is 0 Å². The topological polar surface area (TPSA) is 90.9 Å². The molecule has 2 aromatic carbocycles. The maximum absolute atomic E-state index is 12.9. The third-order valence-corrected chi connectivity index (χ3v) is 4.58. The average Bonchev–Trinajstić information content (AvgIpc) is 3.15. The van der Waals surface area contributed by atoms with Crippen LogP contribution in [-0.2, 0) is 6.54 Å². The van der Waals surface area contributed by atoms with Gasteiger partial charge in [0.25, 0.3) is 0 Å². The number of carbonyl (C=O) groups excluding carboxylic acids is 2. The zero-order valence-corrected chi connectivity index (χ0v) is 15.3. The van der Waals surface area contributed by atoms with Gasteiger partial charge in [-0.15, -0.1) is 0 Å². The Hall–Kier alpha value is -3.80. The summed E-state index contributed by atoms with van der Waals surface area (Å²) in [5.41, 5.74) is 10.0. The second kappa shape index (κ2) is 7.08. The molecule has 0 unspecified atom stereocenters. The molecule has 0 aliphatic rings. The van der Waals surface area contributed by atoms with Gasteiger partial charge in [0.15, 0.2) is 0 Å². The van der Waals surface area contributed by atoms with Crippen LogP contribution in [0, 0.1) is 6.92 Å². The summed E-state index contributed by atoms with van der Waals surface area (Å²) in [5.74, 6) is -0.555. The summed E-state index contributed by atoms with van der Waals surface area (Å²) in [6, 6.07) is 16.1. The number of ketones is 1. The SMILES string of the molecule is Cc1ccc(C(=O)c2cccn2Cc2cnc3ccc(C(N)=O)cc3n2)cc1. The molecule has 6 nitrogen and oxygen atoms in total. The lowest BCUT2D eigenvalue weighted by Crippen LogP contribution is -2.12. The molecule has 0 saturated heterocycles. The van der Waals surface area contributed by atoms with Crippen molar-refractivity contribution in [2.75, 3.05) is 0 Å². The quantitative estimate of drug-likeness (QED) is 0.547. The first-order valence-electron chi connectivity index (χ1n) is 8.83. The number of amides is 1. The van der Waals surface area contributed by atoms with Gasteiger partial charge in [-0.2, -0.15) is 0 Å². The first kappa shape index (κ1) is 17.6. The molecule has 0 aliphatic carbocycles. The first-order chi connectivity index (χ1) is 13.5. The number of primary amides is 1. The number of benzene rings is 2. The molecule has 0 saturated carbocycles. The van der Waals surface area contributed by atoms with Crippen LogP contribution in [0.15, 0.2) is 67.0 Å². The van der Waals surface area contributed by atoms with E-state index in [-0.39, 0.29) is 5.78 Å². The van der Waals surface area contributed by atoms with E-state index in [9.17, 15) is 9.59 Å². The predicted octanol–water partition coefficient (Wildman–Crippen LogP) is 3.12. The van der Waals surface area contributed by atoms with Crippen LogP contribution in [0.1, 0.15) is 37.7 Å². The van der Waals surface area contributed by atoms with E-state index in [1.807, 2.05) is 48.0 Å². The van der Waals surface area contributed by atoms with Gasteiger partial charge in [-0.3, -0.25) is 14.6 Å². The Bertz CT molecular complexity index is 1190. The van der Waals surface area contributed by atoms with Gasteiger partial charge >= 0.3 is 0 Å². The van der Waals surface area contributed by atoms with E-state index in [0.717, 1.165) is 5.56 Å². The third kappa shape index (κ3) is 3.40. The number of carbonyl (C=O) groups is 2. The molecule has 28 heavy (non-hydrogen) atoms. The number of hydrogen-bond acceptors (Lipinski definition) is 4. The van der Waals surface area contributed by atoms with Crippen LogP contribution >= 0.6 is 0 Å². The summed E-state index contributed by atoms with van der Waals surface area (Å²) < 4.78 is 1.84. The zero-order chi connectivity index (χ0) is 19.7. The van der Waals surface area contributed by atoms with Crippen molar-refractivity contribution in [2.24, 2.45) is 5.73 Å². The van der Waals surface area contributed by atoms with E-state index in [1.54, 1.807) is 30.5 Å². The highest BCUT2D eigenvalue weighted by atomic mass is 16.1. The lowest BCUT2D eigenvalue weighted by molar-refractivity contribution is 0.0998. The van der Waals surface area contributed by atoms with Gasteiger partial charge in [0, 0.05) is 17.3 Å². The van der Waals surface area contributed by atoms with Crippen molar-refractivity contribution in [2.45, 2.75) is 13.5 Å². The molecule has 2 heterocycles. The standard InChI is InChI=1S/C22H18N4O2/c1-14-4-6-15(7-5-14)21(27)20-3-2-10-26(20)13-17-12-24-18-9-8-16(22(23)28)11-19(18)25-17/h2-12H,13H2,1H3,(H2,23,28). The average molecular weight is 370 g/mol. The molecule has 4 aromatic rings.